The Morgan fingerprint density at radius 1 is 0.962 bits per heavy atom. The molecule has 0 saturated heterocycles. The number of esters is 1. The molecule has 1 atom stereocenters. The molecule has 0 aromatic rings. The summed E-state index contributed by atoms with van der Waals surface area (Å²) in [4.78, 5) is 38.0. The normalized spacial score (nSPS) is 13.2. The Hall–Kier alpha value is -2.09. The number of hydrogen-bond donors (Lipinski definition) is 1. The van der Waals surface area contributed by atoms with Crippen LogP contribution < -0.4 is 0 Å². The monoisotopic (exact) mass is 373 g/mol. The van der Waals surface area contributed by atoms with E-state index in [1.165, 1.54) is 13.2 Å². The van der Waals surface area contributed by atoms with Gasteiger partial charge in [-0.15, -0.1) is 0 Å². The van der Waals surface area contributed by atoms with Crippen molar-refractivity contribution in [2.24, 2.45) is 0 Å². The average Bonchev–Trinajstić information content (AvgIpc) is 2.45. The lowest BCUT2D eigenvalue weighted by molar-refractivity contribution is -0.146. The van der Waals surface area contributed by atoms with Crippen LogP contribution in [-0.2, 0) is 19.0 Å². The van der Waals surface area contributed by atoms with E-state index in [2.05, 4.69) is 0 Å². The highest BCUT2D eigenvalue weighted by atomic mass is 16.6. The Kier molecular flexibility index (Phi) is 9.34. The van der Waals surface area contributed by atoms with Crippen LogP contribution in [0.5, 0.6) is 0 Å². The molecule has 0 aromatic heterocycles. The van der Waals surface area contributed by atoms with E-state index in [1.807, 2.05) is 0 Å². The number of rotatable bonds is 6. The van der Waals surface area contributed by atoms with Crippen molar-refractivity contribution in [1.29, 1.82) is 0 Å². The number of carbonyl (C=O) groups excluding carboxylic acids is 3. The number of aliphatic hydroxyl groups excluding tert-OH is 1. The number of imide groups is 1. The van der Waals surface area contributed by atoms with E-state index < -0.39 is 35.4 Å². The summed E-state index contributed by atoms with van der Waals surface area (Å²) >= 11 is 0. The minimum atomic E-state index is -1.21. The van der Waals surface area contributed by atoms with Gasteiger partial charge in [0.05, 0.1) is 13.7 Å². The first kappa shape index (κ1) is 23.9. The lowest BCUT2D eigenvalue weighted by Gasteiger charge is -2.32. The molecule has 1 N–H and O–H groups in total. The first-order chi connectivity index (χ1) is 11.8. The SMILES string of the molecule is COC(=O)[C@H](CCC=CCO)N(C(=O)OC(C)(C)C)C(=O)OC(C)(C)C. The van der Waals surface area contributed by atoms with E-state index in [9.17, 15) is 14.4 Å². The molecule has 0 spiro atoms. The summed E-state index contributed by atoms with van der Waals surface area (Å²) < 4.78 is 15.3. The van der Waals surface area contributed by atoms with Gasteiger partial charge in [0.1, 0.15) is 17.2 Å². The van der Waals surface area contributed by atoms with Crippen molar-refractivity contribution in [2.75, 3.05) is 13.7 Å². The first-order valence-electron chi connectivity index (χ1n) is 8.41. The summed E-state index contributed by atoms with van der Waals surface area (Å²) in [7, 11) is 1.17. The highest BCUT2D eigenvalue weighted by Gasteiger charge is 2.40. The van der Waals surface area contributed by atoms with Gasteiger partial charge in [-0.25, -0.2) is 14.4 Å². The third kappa shape index (κ3) is 9.41. The zero-order valence-electron chi connectivity index (χ0n) is 16.7. The third-order valence-electron chi connectivity index (χ3n) is 2.84. The van der Waals surface area contributed by atoms with Crippen LogP contribution in [0.3, 0.4) is 0 Å². The van der Waals surface area contributed by atoms with Gasteiger partial charge in [-0.3, -0.25) is 0 Å². The van der Waals surface area contributed by atoms with Crippen LogP contribution in [0.25, 0.3) is 0 Å². The van der Waals surface area contributed by atoms with E-state index >= 15 is 0 Å². The second-order valence-electron chi connectivity index (χ2n) is 7.60. The Balaban J connectivity index is 5.69. The number of nitrogens with zero attached hydrogens (tertiary/aromatic N) is 1. The summed E-state index contributed by atoms with van der Waals surface area (Å²) in [5, 5.41) is 8.79. The van der Waals surface area contributed by atoms with Gasteiger partial charge in [0.15, 0.2) is 0 Å². The molecule has 8 heteroatoms. The second kappa shape index (κ2) is 10.2. The van der Waals surface area contributed by atoms with Gasteiger partial charge in [-0.05, 0) is 54.4 Å². The van der Waals surface area contributed by atoms with Gasteiger partial charge in [-0.1, -0.05) is 12.2 Å². The summed E-state index contributed by atoms with van der Waals surface area (Å²) in [5.74, 6) is -0.765. The van der Waals surface area contributed by atoms with E-state index in [-0.39, 0.29) is 13.0 Å². The van der Waals surface area contributed by atoms with E-state index in [1.54, 1.807) is 47.6 Å². The summed E-state index contributed by atoms with van der Waals surface area (Å²) in [6.07, 6.45) is 1.59. The molecule has 0 unspecified atom stereocenters. The molecule has 0 aliphatic carbocycles. The number of allylic oxidation sites excluding steroid dienone is 1. The standard InChI is InChI=1S/C18H31NO7/c1-17(2,3)25-15(22)19(16(23)26-18(4,5)6)13(14(21)24-7)11-9-8-10-12-20/h8,10,13,20H,9,11-12H2,1-7H3/t13-/m0/s1. The predicted molar refractivity (Wildman–Crippen MR) is 95.6 cm³/mol. The Bertz CT molecular complexity index is 487. The van der Waals surface area contributed by atoms with E-state index in [0.717, 1.165) is 0 Å². The van der Waals surface area contributed by atoms with Gasteiger partial charge in [0, 0.05) is 0 Å². The maximum Gasteiger partial charge on any atom is 0.420 e. The average molecular weight is 373 g/mol. The number of amides is 2. The lowest BCUT2D eigenvalue weighted by atomic mass is 10.1. The van der Waals surface area contributed by atoms with Crippen molar-refractivity contribution in [2.45, 2.75) is 71.6 Å². The molecule has 8 nitrogen and oxygen atoms in total. The minimum Gasteiger partial charge on any atom is -0.467 e. The summed E-state index contributed by atoms with van der Waals surface area (Å²) in [6, 6.07) is -1.21. The van der Waals surface area contributed by atoms with Crippen molar-refractivity contribution in [3.8, 4) is 0 Å². The number of ether oxygens (including phenoxy) is 3. The smallest absolute Gasteiger partial charge is 0.420 e. The van der Waals surface area contributed by atoms with Crippen LogP contribution in [0.1, 0.15) is 54.4 Å². The fourth-order valence-electron chi connectivity index (χ4n) is 1.89. The van der Waals surface area contributed by atoms with Gasteiger partial charge >= 0.3 is 18.2 Å². The molecule has 2 amide bonds. The fraction of sp³-hybridized carbons (Fsp3) is 0.722. The van der Waals surface area contributed by atoms with E-state index in [4.69, 9.17) is 19.3 Å². The molecule has 0 fully saturated rings. The zero-order chi connectivity index (χ0) is 20.5. The predicted octanol–water partition coefficient (Wildman–Crippen LogP) is 3.03. The molecule has 150 valence electrons. The third-order valence-corrected chi connectivity index (χ3v) is 2.84. The second-order valence-corrected chi connectivity index (χ2v) is 7.60. The maximum absolute atomic E-state index is 12.6. The number of methoxy groups -OCH3 is 1. The number of hydrogen-bond acceptors (Lipinski definition) is 7. The quantitative estimate of drug-likeness (QED) is 0.434. The van der Waals surface area contributed by atoms with Crippen molar-refractivity contribution in [3.05, 3.63) is 12.2 Å². The molecular formula is C18H31NO7. The van der Waals surface area contributed by atoms with Gasteiger partial charge in [-0.2, -0.15) is 4.90 Å². The van der Waals surface area contributed by atoms with Crippen LogP contribution in [0.4, 0.5) is 9.59 Å². The molecule has 26 heavy (non-hydrogen) atoms. The van der Waals surface area contributed by atoms with Crippen molar-refractivity contribution >= 4 is 18.2 Å². The molecule has 0 radical (unpaired) electrons. The highest BCUT2D eigenvalue weighted by Crippen LogP contribution is 2.20. The Morgan fingerprint density at radius 3 is 1.77 bits per heavy atom. The molecule has 0 bridgehead atoms. The van der Waals surface area contributed by atoms with Crippen LogP contribution in [0, 0.1) is 0 Å². The lowest BCUT2D eigenvalue weighted by Crippen LogP contribution is -2.52. The van der Waals surface area contributed by atoms with Crippen LogP contribution >= 0.6 is 0 Å². The molecule has 0 saturated carbocycles. The molecule has 0 rings (SSSR count). The topological polar surface area (TPSA) is 102 Å². The summed E-state index contributed by atoms with van der Waals surface area (Å²) in [5.41, 5.74) is -1.73. The minimum absolute atomic E-state index is 0.0989. The van der Waals surface area contributed by atoms with Crippen LogP contribution in [-0.4, -0.2) is 59.1 Å². The van der Waals surface area contributed by atoms with Gasteiger partial charge < -0.3 is 19.3 Å². The Labute approximate surface area is 155 Å². The number of aliphatic hydroxyl groups is 1. The molecule has 0 aliphatic rings. The summed E-state index contributed by atoms with van der Waals surface area (Å²) in [6.45, 7) is 9.74. The van der Waals surface area contributed by atoms with Gasteiger partial charge in [0.2, 0.25) is 0 Å². The number of carbonyl (C=O) groups is 3. The van der Waals surface area contributed by atoms with Crippen molar-refractivity contribution in [3.63, 3.8) is 0 Å². The Morgan fingerprint density at radius 2 is 1.42 bits per heavy atom. The van der Waals surface area contributed by atoms with Crippen molar-refractivity contribution < 1.29 is 33.7 Å². The van der Waals surface area contributed by atoms with Gasteiger partial charge in [0.25, 0.3) is 0 Å². The molecule has 0 heterocycles. The maximum atomic E-state index is 12.6. The van der Waals surface area contributed by atoms with E-state index in [0.29, 0.717) is 11.3 Å². The molecule has 0 aromatic carbocycles. The molecular weight excluding hydrogens is 342 g/mol. The van der Waals surface area contributed by atoms with Crippen LogP contribution in [0.2, 0.25) is 0 Å². The fourth-order valence-corrected chi connectivity index (χ4v) is 1.89. The molecule has 0 aliphatic heterocycles. The largest absolute Gasteiger partial charge is 0.467 e. The highest BCUT2D eigenvalue weighted by molar-refractivity contribution is 5.94. The van der Waals surface area contributed by atoms with Crippen molar-refractivity contribution in [1.82, 2.24) is 4.90 Å². The first-order valence-corrected chi connectivity index (χ1v) is 8.41. The van der Waals surface area contributed by atoms with Crippen LogP contribution in [0.15, 0.2) is 12.2 Å². The zero-order valence-corrected chi connectivity index (χ0v) is 16.7.